The highest BCUT2D eigenvalue weighted by Gasteiger charge is 2.32. The molecule has 0 aliphatic carbocycles. The normalized spacial score (nSPS) is 21.4. The molecule has 6 heteroatoms. The molecule has 2 aromatic heterocycles. The number of ether oxygens (including phenoxy) is 2. The molecule has 0 aromatic carbocycles. The minimum Gasteiger partial charge on any atom is -0.488 e. The van der Waals surface area contributed by atoms with Crippen LogP contribution >= 0.6 is 11.3 Å². The van der Waals surface area contributed by atoms with Gasteiger partial charge >= 0.3 is 5.97 Å². The molecule has 26 heavy (non-hydrogen) atoms. The first-order valence-corrected chi connectivity index (χ1v) is 9.61. The Balaban J connectivity index is 1.80. The first-order chi connectivity index (χ1) is 12.6. The van der Waals surface area contributed by atoms with Gasteiger partial charge in [0.1, 0.15) is 17.9 Å². The molecule has 3 heterocycles. The number of hydrogen-bond acceptors (Lipinski definition) is 6. The molecule has 2 aromatic rings. The number of thiophene rings is 1. The highest BCUT2D eigenvalue weighted by atomic mass is 32.1. The van der Waals surface area contributed by atoms with Gasteiger partial charge in [-0.05, 0) is 42.1 Å². The number of aryl methyl sites for hydroxylation is 1. The summed E-state index contributed by atoms with van der Waals surface area (Å²) in [6.45, 7) is 4.82. The summed E-state index contributed by atoms with van der Waals surface area (Å²) in [5.41, 5.74) is 2.18. The Bertz CT molecular complexity index is 772. The van der Waals surface area contributed by atoms with Crippen LogP contribution < -0.4 is 5.32 Å². The summed E-state index contributed by atoms with van der Waals surface area (Å²) in [4.78, 5) is 17.3. The third-order valence-electron chi connectivity index (χ3n) is 4.51. The van der Waals surface area contributed by atoms with Crippen LogP contribution in [0.4, 0.5) is 0 Å². The lowest BCUT2D eigenvalue weighted by molar-refractivity contribution is -0.142. The number of rotatable bonds is 6. The first-order valence-electron chi connectivity index (χ1n) is 8.73. The van der Waals surface area contributed by atoms with Crippen molar-refractivity contribution in [2.24, 2.45) is 0 Å². The topological polar surface area (TPSA) is 60.5 Å². The van der Waals surface area contributed by atoms with Crippen LogP contribution in [0.3, 0.4) is 0 Å². The fraction of sp³-hybridized carbons (Fsp3) is 0.400. The highest BCUT2D eigenvalue weighted by Crippen LogP contribution is 2.31. The molecule has 1 aliphatic rings. The van der Waals surface area contributed by atoms with Gasteiger partial charge in [0, 0.05) is 30.8 Å². The Morgan fingerprint density at radius 3 is 2.92 bits per heavy atom. The van der Waals surface area contributed by atoms with Gasteiger partial charge < -0.3 is 14.8 Å². The number of aromatic nitrogens is 1. The number of methoxy groups -OCH3 is 1. The number of esters is 1. The summed E-state index contributed by atoms with van der Waals surface area (Å²) in [6, 6.07) is 7.71. The summed E-state index contributed by atoms with van der Waals surface area (Å²) in [5.74, 6) is 0.738. The lowest BCUT2D eigenvalue weighted by atomic mass is 10.0. The van der Waals surface area contributed by atoms with Gasteiger partial charge in [0.05, 0.1) is 12.0 Å². The zero-order chi connectivity index (χ0) is 18.5. The van der Waals surface area contributed by atoms with Crippen molar-refractivity contribution in [2.75, 3.05) is 13.7 Å². The number of allylic oxidation sites excluding steroid dienone is 1. The van der Waals surface area contributed by atoms with Crippen LogP contribution in [0.1, 0.15) is 35.4 Å². The molecule has 0 radical (unpaired) electrons. The molecule has 3 rings (SSSR count). The quantitative estimate of drug-likeness (QED) is 0.621. The summed E-state index contributed by atoms with van der Waals surface area (Å²) < 4.78 is 11.2. The van der Waals surface area contributed by atoms with E-state index in [1.165, 1.54) is 12.7 Å². The maximum atomic E-state index is 11.7. The number of carbonyl (C=O) groups excluding carboxylic acids is 1. The van der Waals surface area contributed by atoms with Gasteiger partial charge in [0.25, 0.3) is 0 Å². The second kappa shape index (κ2) is 8.47. The van der Waals surface area contributed by atoms with Crippen molar-refractivity contribution in [2.45, 2.75) is 38.3 Å². The molecule has 138 valence electrons. The Hall–Kier alpha value is -2.18. The zero-order valence-corrected chi connectivity index (χ0v) is 16.1. The SMILES string of the molecule is COC(=O)C1C[C@@H](O/C(=C/C(C)c2ccccn2)c2sccc2C)CN1. The lowest BCUT2D eigenvalue weighted by Gasteiger charge is -2.18. The van der Waals surface area contributed by atoms with Crippen LogP contribution in [0.25, 0.3) is 5.76 Å². The van der Waals surface area contributed by atoms with Crippen molar-refractivity contribution in [1.29, 1.82) is 0 Å². The van der Waals surface area contributed by atoms with Gasteiger partial charge in [0.15, 0.2) is 0 Å². The number of carbonyl (C=O) groups is 1. The van der Waals surface area contributed by atoms with Crippen LogP contribution in [-0.2, 0) is 14.3 Å². The molecule has 0 amide bonds. The molecular formula is C20H24N2O3S. The smallest absolute Gasteiger partial charge is 0.323 e. The maximum absolute atomic E-state index is 11.7. The van der Waals surface area contributed by atoms with E-state index in [1.54, 1.807) is 17.5 Å². The molecule has 5 nitrogen and oxygen atoms in total. The van der Waals surface area contributed by atoms with Crippen LogP contribution in [0, 0.1) is 6.92 Å². The van der Waals surface area contributed by atoms with E-state index in [-0.39, 0.29) is 24.0 Å². The third-order valence-corrected chi connectivity index (χ3v) is 5.54. The van der Waals surface area contributed by atoms with Crippen molar-refractivity contribution in [3.05, 3.63) is 58.1 Å². The predicted molar refractivity (Wildman–Crippen MR) is 103 cm³/mol. The summed E-state index contributed by atoms with van der Waals surface area (Å²) in [5, 5.41) is 5.24. The zero-order valence-electron chi connectivity index (χ0n) is 15.3. The molecule has 0 saturated carbocycles. The third kappa shape index (κ3) is 4.31. The monoisotopic (exact) mass is 372 g/mol. The Morgan fingerprint density at radius 1 is 1.42 bits per heavy atom. The molecule has 0 bridgehead atoms. The largest absolute Gasteiger partial charge is 0.488 e. The Labute approximate surface area is 158 Å². The van der Waals surface area contributed by atoms with E-state index >= 15 is 0 Å². The standard InChI is InChI=1S/C20H24N2O3S/c1-13-7-9-26-19(13)18(10-14(2)16-6-4-5-8-21-16)25-15-11-17(22-12-15)20(23)24-3/h4-10,14-15,17,22H,11-12H2,1-3H3/b18-10+/t14?,15-,17?/m1/s1. The van der Waals surface area contributed by atoms with Gasteiger partial charge in [-0.3, -0.25) is 9.78 Å². The minimum atomic E-state index is -0.302. The summed E-state index contributed by atoms with van der Waals surface area (Å²) >= 11 is 1.66. The second-order valence-corrected chi connectivity index (χ2v) is 7.38. The van der Waals surface area contributed by atoms with Gasteiger partial charge in [-0.25, -0.2) is 0 Å². The van der Waals surface area contributed by atoms with Crippen LogP contribution in [0.15, 0.2) is 41.9 Å². The predicted octanol–water partition coefficient (Wildman–Crippen LogP) is 3.52. The van der Waals surface area contributed by atoms with Crippen LogP contribution in [0.5, 0.6) is 0 Å². The number of hydrogen-bond donors (Lipinski definition) is 1. The van der Waals surface area contributed by atoms with E-state index < -0.39 is 0 Å². The highest BCUT2D eigenvalue weighted by molar-refractivity contribution is 7.11. The van der Waals surface area contributed by atoms with E-state index in [0.29, 0.717) is 13.0 Å². The molecular weight excluding hydrogens is 348 g/mol. The Kier molecular flexibility index (Phi) is 6.06. The van der Waals surface area contributed by atoms with Gasteiger partial charge in [0.2, 0.25) is 0 Å². The van der Waals surface area contributed by atoms with Gasteiger partial charge in [-0.1, -0.05) is 13.0 Å². The molecule has 0 spiro atoms. The second-order valence-electron chi connectivity index (χ2n) is 6.47. The number of pyridine rings is 1. The lowest BCUT2D eigenvalue weighted by Crippen LogP contribution is -2.31. The van der Waals surface area contributed by atoms with Gasteiger partial charge in [-0.2, -0.15) is 0 Å². The fourth-order valence-electron chi connectivity index (χ4n) is 3.05. The summed E-state index contributed by atoms with van der Waals surface area (Å²) in [7, 11) is 1.41. The van der Waals surface area contributed by atoms with Crippen LogP contribution in [0.2, 0.25) is 0 Å². The van der Waals surface area contributed by atoms with Crippen LogP contribution in [-0.4, -0.2) is 36.8 Å². The molecule has 1 N–H and O–H groups in total. The van der Waals surface area contributed by atoms with E-state index in [4.69, 9.17) is 9.47 Å². The molecule has 1 fully saturated rings. The fourth-order valence-corrected chi connectivity index (χ4v) is 3.94. The molecule has 1 saturated heterocycles. The molecule has 2 unspecified atom stereocenters. The number of nitrogens with zero attached hydrogens (tertiary/aromatic N) is 1. The van der Waals surface area contributed by atoms with E-state index in [0.717, 1.165) is 16.3 Å². The Morgan fingerprint density at radius 2 is 2.27 bits per heavy atom. The molecule has 3 atom stereocenters. The average Bonchev–Trinajstić information content (AvgIpc) is 3.30. The van der Waals surface area contributed by atoms with E-state index in [1.807, 2.05) is 18.2 Å². The molecule has 1 aliphatic heterocycles. The van der Waals surface area contributed by atoms with Crippen molar-refractivity contribution in [3.8, 4) is 0 Å². The minimum absolute atomic E-state index is 0.0669. The summed E-state index contributed by atoms with van der Waals surface area (Å²) in [6.07, 6.45) is 4.46. The first kappa shape index (κ1) is 18.6. The van der Waals surface area contributed by atoms with Crippen molar-refractivity contribution in [1.82, 2.24) is 10.3 Å². The van der Waals surface area contributed by atoms with Gasteiger partial charge in [-0.15, -0.1) is 11.3 Å². The van der Waals surface area contributed by atoms with E-state index in [9.17, 15) is 4.79 Å². The van der Waals surface area contributed by atoms with Crippen molar-refractivity contribution >= 4 is 23.1 Å². The van der Waals surface area contributed by atoms with E-state index in [2.05, 4.69) is 41.7 Å². The van der Waals surface area contributed by atoms with Crippen molar-refractivity contribution < 1.29 is 14.3 Å². The number of nitrogens with one attached hydrogen (secondary N) is 1. The van der Waals surface area contributed by atoms with Crippen molar-refractivity contribution in [3.63, 3.8) is 0 Å². The average molecular weight is 372 g/mol. The maximum Gasteiger partial charge on any atom is 0.323 e.